The standard InChI is InChI=1S/C32H36ClN3O4/c1-19-8-7-11-22(18-19)34-29(37)26-25-14-16-32(40-25)27(26)31(39)36(17-15-21-10-4-5-12-23(21)33)28(32)30(38)35-24-13-6-3-9-20(24)2/h4-5,7-8,10-12,14,16,18,20,24-28H,3,6,9,13,15,17H2,1-2H3,(H,34,37)(H,35,38)/t20-,24+,25+,26-,27+,28+,32+/m1/s1. The van der Waals surface area contributed by atoms with Gasteiger partial charge in [-0.1, -0.05) is 73.9 Å². The van der Waals surface area contributed by atoms with Crippen LogP contribution in [0.4, 0.5) is 5.69 Å². The lowest BCUT2D eigenvalue weighted by molar-refractivity contribution is -0.141. The van der Waals surface area contributed by atoms with E-state index in [9.17, 15) is 14.4 Å². The van der Waals surface area contributed by atoms with Crippen LogP contribution in [0.25, 0.3) is 0 Å². The van der Waals surface area contributed by atoms with Gasteiger partial charge in [0, 0.05) is 23.3 Å². The molecule has 3 amide bonds. The van der Waals surface area contributed by atoms with Crippen molar-refractivity contribution < 1.29 is 19.1 Å². The van der Waals surface area contributed by atoms with Crippen molar-refractivity contribution in [2.24, 2.45) is 17.8 Å². The molecule has 2 bridgehead atoms. The van der Waals surface area contributed by atoms with Crippen LogP contribution >= 0.6 is 11.6 Å². The summed E-state index contributed by atoms with van der Waals surface area (Å²) in [5, 5.41) is 6.89. The molecule has 8 heteroatoms. The fourth-order valence-corrected chi connectivity index (χ4v) is 7.42. The zero-order valence-corrected chi connectivity index (χ0v) is 23.7. The van der Waals surface area contributed by atoms with E-state index < -0.39 is 29.6 Å². The number of hydrogen-bond acceptors (Lipinski definition) is 4. The number of fused-ring (bicyclic) bond motifs is 1. The van der Waals surface area contributed by atoms with Gasteiger partial charge in [-0.2, -0.15) is 0 Å². The van der Waals surface area contributed by atoms with E-state index in [1.807, 2.05) is 67.6 Å². The zero-order chi connectivity index (χ0) is 28.0. The number of nitrogens with one attached hydrogen (secondary N) is 2. The average Bonchev–Trinajstić information content (AvgIpc) is 3.57. The zero-order valence-electron chi connectivity index (χ0n) is 22.9. The van der Waals surface area contributed by atoms with Crippen LogP contribution in [-0.2, 0) is 25.5 Å². The highest BCUT2D eigenvalue weighted by Gasteiger charge is 2.72. The van der Waals surface area contributed by atoms with Crippen molar-refractivity contribution in [3.05, 3.63) is 76.8 Å². The molecule has 3 heterocycles. The van der Waals surface area contributed by atoms with Crippen molar-refractivity contribution in [3.8, 4) is 0 Å². The summed E-state index contributed by atoms with van der Waals surface area (Å²) >= 11 is 6.43. The smallest absolute Gasteiger partial charge is 0.246 e. The Balaban J connectivity index is 1.31. The van der Waals surface area contributed by atoms with Crippen LogP contribution in [0.5, 0.6) is 0 Å². The van der Waals surface area contributed by atoms with Gasteiger partial charge in [0.1, 0.15) is 11.6 Å². The van der Waals surface area contributed by atoms with Crippen LogP contribution in [0.15, 0.2) is 60.7 Å². The van der Waals surface area contributed by atoms with Gasteiger partial charge < -0.3 is 20.3 Å². The fraction of sp³-hybridized carbons (Fsp3) is 0.469. The largest absolute Gasteiger partial charge is 0.359 e. The third-order valence-electron chi connectivity index (χ3n) is 9.23. The van der Waals surface area contributed by atoms with Crippen molar-refractivity contribution in [2.75, 3.05) is 11.9 Å². The van der Waals surface area contributed by atoms with Crippen molar-refractivity contribution in [2.45, 2.75) is 69.7 Å². The van der Waals surface area contributed by atoms with E-state index >= 15 is 0 Å². The number of nitrogens with zero attached hydrogens (tertiary/aromatic N) is 1. The molecule has 0 unspecified atom stereocenters. The minimum Gasteiger partial charge on any atom is -0.359 e. The maximum absolute atomic E-state index is 14.2. The Morgan fingerprint density at radius 1 is 1.10 bits per heavy atom. The molecule has 6 rings (SSSR count). The molecular weight excluding hydrogens is 526 g/mol. The molecule has 3 aliphatic heterocycles. The number of halogens is 1. The minimum absolute atomic E-state index is 0.0558. The second kappa shape index (κ2) is 10.7. The summed E-state index contributed by atoms with van der Waals surface area (Å²) in [6.07, 6.45) is 7.87. The Morgan fingerprint density at radius 3 is 2.67 bits per heavy atom. The molecule has 2 aromatic rings. The van der Waals surface area contributed by atoms with Crippen molar-refractivity contribution >= 4 is 35.0 Å². The van der Waals surface area contributed by atoms with Gasteiger partial charge in [0.25, 0.3) is 0 Å². The van der Waals surface area contributed by atoms with E-state index in [4.69, 9.17) is 16.3 Å². The first-order valence-electron chi connectivity index (χ1n) is 14.4. The summed E-state index contributed by atoms with van der Waals surface area (Å²) in [5.74, 6) is -1.85. The molecule has 210 valence electrons. The topological polar surface area (TPSA) is 87.7 Å². The van der Waals surface area contributed by atoms with Crippen LogP contribution in [0.3, 0.4) is 0 Å². The highest BCUT2D eigenvalue weighted by atomic mass is 35.5. The van der Waals surface area contributed by atoms with E-state index in [-0.39, 0.29) is 23.8 Å². The summed E-state index contributed by atoms with van der Waals surface area (Å²) in [6, 6.07) is 14.3. The normalized spacial score (nSPS) is 32.3. The first kappa shape index (κ1) is 27.0. The number of aryl methyl sites for hydroxylation is 1. The van der Waals surface area contributed by atoms with Gasteiger partial charge in [0.15, 0.2) is 0 Å². The number of anilines is 1. The highest BCUT2D eigenvalue weighted by molar-refractivity contribution is 6.31. The lowest BCUT2D eigenvalue weighted by atomic mass is 9.74. The molecule has 40 heavy (non-hydrogen) atoms. The number of rotatable bonds is 7. The Labute approximate surface area is 240 Å². The van der Waals surface area contributed by atoms with Gasteiger partial charge in [0.2, 0.25) is 17.7 Å². The van der Waals surface area contributed by atoms with Crippen molar-refractivity contribution in [1.29, 1.82) is 0 Å². The first-order chi connectivity index (χ1) is 19.3. The molecule has 3 fully saturated rings. The first-order valence-corrected chi connectivity index (χ1v) is 14.8. The second-order valence-corrected chi connectivity index (χ2v) is 12.2. The Hall–Kier alpha value is -3.16. The molecule has 4 aliphatic rings. The predicted octanol–water partition coefficient (Wildman–Crippen LogP) is 4.68. The van der Waals surface area contributed by atoms with E-state index in [1.165, 1.54) is 0 Å². The molecule has 7 atom stereocenters. The Morgan fingerprint density at radius 2 is 1.90 bits per heavy atom. The van der Waals surface area contributed by atoms with Gasteiger partial charge in [-0.05, 0) is 61.4 Å². The van der Waals surface area contributed by atoms with Crippen molar-refractivity contribution in [1.82, 2.24) is 10.2 Å². The number of likely N-dealkylation sites (tertiary alicyclic amines) is 1. The lowest BCUT2D eigenvalue weighted by Gasteiger charge is -2.36. The second-order valence-electron chi connectivity index (χ2n) is 11.8. The number of carbonyl (C=O) groups is 3. The van der Waals surface area contributed by atoms with Crippen LogP contribution in [-0.4, -0.2) is 53.0 Å². The summed E-state index contributed by atoms with van der Waals surface area (Å²) in [5.41, 5.74) is 1.42. The molecule has 0 aromatic heterocycles. The number of hydrogen-bond donors (Lipinski definition) is 2. The van der Waals surface area contributed by atoms with Crippen LogP contribution in [0, 0.1) is 24.7 Å². The predicted molar refractivity (Wildman–Crippen MR) is 154 cm³/mol. The molecule has 2 saturated heterocycles. The molecule has 0 radical (unpaired) electrons. The number of ether oxygens (including phenoxy) is 1. The summed E-state index contributed by atoms with van der Waals surface area (Å²) in [4.78, 5) is 43.6. The van der Waals surface area contributed by atoms with Gasteiger partial charge >= 0.3 is 0 Å². The third-order valence-corrected chi connectivity index (χ3v) is 9.60. The Kier molecular flexibility index (Phi) is 7.21. The lowest BCUT2D eigenvalue weighted by Crippen LogP contribution is -2.57. The van der Waals surface area contributed by atoms with Crippen LogP contribution < -0.4 is 10.6 Å². The summed E-state index contributed by atoms with van der Waals surface area (Å²) < 4.78 is 6.48. The van der Waals surface area contributed by atoms with Gasteiger partial charge in [-0.3, -0.25) is 14.4 Å². The van der Waals surface area contributed by atoms with Crippen LogP contribution in [0.2, 0.25) is 5.02 Å². The molecule has 1 aliphatic carbocycles. The Bertz CT molecular complexity index is 1360. The van der Waals surface area contributed by atoms with E-state index in [2.05, 4.69) is 17.6 Å². The van der Waals surface area contributed by atoms with Gasteiger partial charge in [-0.15, -0.1) is 0 Å². The van der Waals surface area contributed by atoms with Crippen LogP contribution in [0.1, 0.15) is 43.7 Å². The van der Waals surface area contributed by atoms with Gasteiger partial charge in [0.05, 0.1) is 17.9 Å². The van der Waals surface area contributed by atoms with Gasteiger partial charge in [-0.25, -0.2) is 0 Å². The van der Waals surface area contributed by atoms with E-state index in [0.717, 1.165) is 36.8 Å². The van der Waals surface area contributed by atoms with E-state index in [0.29, 0.717) is 29.6 Å². The molecule has 1 saturated carbocycles. The molecule has 2 aromatic carbocycles. The number of amides is 3. The SMILES string of the molecule is Cc1cccc(NC(=O)[C@@H]2[C@@H]3C=C[C@]4(O3)[C@@H]2C(=O)N(CCc2ccccc2Cl)[C@H]4C(=O)N[C@H]2CCCC[C@H]2C)c1. The maximum atomic E-state index is 14.2. The van der Waals surface area contributed by atoms with Crippen molar-refractivity contribution in [3.63, 3.8) is 0 Å². The highest BCUT2D eigenvalue weighted by Crippen LogP contribution is 2.55. The molecule has 7 nitrogen and oxygen atoms in total. The summed E-state index contributed by atoms with van der Waals surface area (Å²) in [7, 11) is 0. The average molecular weight is 562 g/mol. The third kappa shape index (κ3) is 4.63. The quantitative estimate of drug-likeness (QED) is 0.481. The molecule has 2 N–H and O–H groups in total. The summed E-state index contributed by atoms with van der Waals surface area (Å²) in [6.45, 7) is 4.43. The fourth-order valence-electron chi connectivity index (χ4n) is 7.19. The molecular formula is C32H36ClN3O4. The minimum atomic E-state index is -1.18. The maximum Gasteiger partial charge on any atom is 0.246 e. The number of carbonyl (C=O) groups excluding carboxylic acids is 3. The molecule has 1 spiro atoms. The van der Waals surface area contributed by atoms with E-state index in [1.54, 1.807) is 4.90 Å². The number of benzene rings is 2. The monoisotopic (exact) mass is 561 g/mol.